The quantitative estimate of drug-likeness (QED) is 0.389. The molecule has 8 N–H and O–H groups in total. The predicted octanol–water partition coefficient (Wildman–Crippen LogP) is 1.89. The van der Waals surface area contributed by atoms with Crippen molar-refractivity contribution < 1.29 is 20.9 Å². The van der Waals surface area contributed by atoms with E-state index in [-0.39, 0.29) is 53.1 Å². The zero-order chi connectivity index (χ0) is 21.1. The number of carbonyl (C=O) groups is 1. The monoisotopic (exact) mass is 465 g/mol. The first-order chi connectivity index (χ1) is 13.0. The molecule has 0 aromatic carbocycles. The molecule has 1 unspecified atom stereocenters. The van der Waals surface area contributed by atoms with Crippen LogP contribution in [0.1, 0.15) is 67.7 Å². The Morgan fingerprint density at radius 3 is 2.39 bits per heavy atom. The van der Waals surface area contributed by atoms with Crippen molar-refractivity contribution in [3.63, 3.8) is 0 Å². The molecule has 1 aliphatic heterocycles. The molecule has 31 heavy (non-hydrogen) atoms. The van der Waals surface area contributed by atoms with Crippen LogP contribution in [0.3, 0.4) is 0 Å². The number of rotatable bonds is 7. The van der Waals surface area contributed by atoms with Gasteiger partial charge >= 0.3 is 0 Å². The first kappa shape index (κ1) is 32.5. The van der Waals surface area contributed by atoms with Crippen molar-refractivity contribution in [1.82, 2.24) is 10.2 Å². The van der Waals surface area contributed by atoms with Gasteiger partial charge in [0, 0.05) is 31.1 Å². The lowest BCUT2D eigenvalue weighted by molar-refractivity contribution is -0.138. The molecule has 1 saturated heterocycles. The minimum atomic E-state index is -0.596. The predicted molar refractivity (Wildman–Crippen MR) is 130 cm³/mol. The second kappa shape index (κ2) is 13.8. The molecule has 0 saturated carbocycles. The number of halogens is 1. The molecule has 1 aliphatic carbocycles. The fourth-order valence-electron chi connectivity index (χ4n) is 4.61. The van der Waals surface area contributed by atoms with Crippen molar-refractivity contribution in [2.75, 3.05) is 19.6 Å². The summed E-state index contributed by atoms with van der Waals surface area (Å²) in [4.78, 5) is 15.3. The van der Waals surface area contributed by atoms with Gasteiger partial charge in [0.2, 0.25) is 5.91 Å². The highest BCUT2D eigenvalue weighted by Crippen LogP contribution is 2.43. The lowest BCUT2D eigenvalue weighted by Crippen LogP contribution is -2.57. The average Bonchev–Trinajstić information content (AvgIpc) is 2.61. The summed E-state index contributed by atoms with van der Waals surface area (Å²) < 4.78 is 0. The number of hydrogen-bond donors (Lipinski definition) is 3. The van der Waals surface area contributed by atoms with E-state index in [1.807, 2.05) is 4.90 Å². The molecule has 1 heterocycles. The molecule has 7 nitrogen and oxygen atoms in total. The standard InChI is InChI=1S/C22H40ClN3O2.CH4.2H2O/c1-14(2)20(25-12-19(24)15(3)27)21(28)26-11-10-18(22(4,5)13-26)16-6-8-17(23)9-7-16;;;/h6,14-15,17-20,25,27H,7-13,24H2,1-5H3;1H4;2*1H2/t15-,17?,18+,19-,20+;;;/m0.../s1. The van der Waals surface area contributed by atoms with Gasteiger partial charge < -0.3 is 32.0 Å². The van der Waals surface area contributed by atoms with Crippen LogP contribution in [0.5, 0.6) is 0 Å². The van der Waals surface area contributed by atoms with Crippen LogP contribution in [0, 0.1) is 17.3 Å². The number of aliphatic hydroxyl groups is 1. The molecule has 1 fully saturated rings. The second-order valence-corrected chi connectivity index (χ2v) is 10.4. The molecular weight excluding hydrogens is 418 g/mol. The Hall–Kier alpha value is -0.700. The van der Waals surface area contributed by atoms with Crippen molar-refractivity contribution >= 4 is 17.5 Å². The molecule has 186 valence electrons. The SMILES string of the molecule is C.CC(C)[C@@H](NC[C@H](N)[C@H](C)O)C(=O)N1CC[C@H](C2=CCC(Cl)CC2)C(C)(C)C1.O.O. The van der Waals surface area contributed by atoms with Gasteiger partial charge in [0.15, 0.2) is 0 Å². The van der Waals surface area contributed by atoms with Gasteiger partial charge in [-0.05, 0) is 49.9 Å². The Balaban J connectivity index is 0. The van der Waals surface area contributed by atoms with Crippen molar-refractivity contribution in [2.45, 2.75) is 91.3 Å². The summed E-state index contributed by atoms with van der Waals surface area (Å²) in [7, 11) is 0. The van der Waals surface area contributed by atoms with E-state index in [0.717, 1.165) is 38.8 Å². The number of allylic oxidation sites excluding steroid dienone is 2. The Labute approximate surface area is 194 Å². The Morgan fingerprint density at radius 1 is 1.32 bits per heavy atom. The van der Waals surface area contributed by atoms with Gasteiger partial charge in [0.05, 0.1) is 12.1 Å². The molecule has 0 radical (unpaired) electrons. The number of hydrogen-bond acceptors (Lipinski definition) is 4. The highest BCUT2D eigenvalue weighted by Gasteiger charge is 2.41. The van der Waals surface area contributed by atoms with Crippen LogP contribution in [0.2, 0.25) is 0 Å². The Bertz CT molecular complexity index is 569. The highest BCUT2D eigenvalue weighted by molar-refractivity contribution is 6.20. The summed E-state index contributed by atoms with van der Waals surface area (Å²) in [5, 5.41) is 13.2. The fraction of sp³-hybridized carbons (Fsp3) is 0.870. The second-order valence-electron chi connectivity index (χ2n) is 9.77. The maximum atomic E-state index is 13.3. The molecule has 0 aromatic heterocycles. The third-order valence-electron chi connectivity index (χ3n) is 6.50. The summed E-state index contributed by atoms with van der Waals surface area (Å²) in [6.45, 7) is 12.3. The van der Waals surface area contributed by atoms with Gasteiger partial charge in [-0.2, -0.15) is 0 Å². The minimum Gasteiger partial charge on any atom is -0.412 e. The highest BCUT2D eigenvalue weighted by atomic mass is 35.5. The van der Waals surface area contributed by atoms with Crippen molar-refractivity contribution in [1.29, 1.82) is 0 Å². The van der Waals surface area contributed by atoms with E-state index < -0.39 is 6.10 Å². The van der Waals surface area contributed by atoms with Crippen LogP contribution in [0.4, 0.5) is 0 Å². The number of nitrogens with one attached hydrogen (secondary N) is 1. The summed E-state index contributed by atoms with van der Waals surface area (Å²) in [6, 6.07) is -0.650. The first-order valence-corrected chi connectivity index (χ1v) is 11.3. The fourth-order valence-corrected chi connectivity index (χ4v) is 4.81. The van der Waals surface area contributed by atoms with E-state index >= 15 is 0 Å². The number of nitrogens with zero attached hydrogens (tertiary/aromatic N) is 1. The summed E-state index contributed by atoms with van der Waals surface area (Å²) in [5.41, 5.74) is 7.53. The summed E-state index contributed by atoms with van der Waals surface area (Å²) >= 11 is 6.26. The zero-order valence-corrected chi connectivity index (χ0v) is 20.0. The lowest BCUT2D eigenvalue weighted by Gasteiger charge is -2.47. The molecule has 2 rings (SSSR count). The maximum Gasteiger partial charge on any atom is 0.239 e. The van der Waals surface area contributed by atoms with Crippen LogP contribution in [0.25, 0.3) is 0 Å². The van der Waals surface area contributed by atoms with E-state index in [4.69, 9.17) is 17.3 Å². The zero-order valence-electron chi connectivity index (χ0n) is 19.2. The number of likely N-dealkylation sites (tertiary alicyclic amines) is 1. The van der Waals surface area contributed by atoms with Gasteiger partial charge in [-0.25, -0.2) is 0 Å². The van der Waals surface area contributed by atoms with Crippen LogP contribution in [-0.2, 0) is 4.79 Å². The number of amides is 1. The smallest absolute Gasteiger partial charge is 0.239 e. The largest absolute Gasteiger partial charge is 0.412 e. The third-order valence-corrected chi connectivity index (χ3v) is 6.89. The molecule has 0 bridgehead atoms. The van der Waals surface area contributed by atoms with Crippen molar-refractivity contribution in [2.24, 2.45) is 23.0 Å². The lowest BCUT2D eigenvalue weighted by atomic mass is 9.68. The normalized spacial score (nSPS) is 25.8. The van der Waals surface area contributed by atoms with Gasteiger partial charge in [0.25, 0.3) is 0 Å². The van der Waals surface area contributed by atoms with Gasteiger partial charge in [0.1, 0.15) is 0 Å². The number of carbonyl (C=O) groups excluding carboxylic acids is 1. The first-order valence-electron chi connectivity index (χ1n) is 10.8. The molecule has 0 aromatic rings. The van der Waals surface area contributed by atoms with E-state index in [9.17, 15) is 9.90 Å². The maximum absolute atomic E-state index is 13.3. The average molecular weight is 466 g/mol. The van der Waals surface area contributed by atoms with Crippen molar-refractivity contribution in [3.05, 3.63) is 11.6 Å². The molecule has 8 heteroatoms. The van der Waals surface area contributed by atoms with Crippen LogP contribution < -0.4 is 11.1 Å². The van der Waals surface area contributed by atoms with Crippen LogP contribution in [-0.4, -0.2) is 70.1 Å². The molecule has 1 amide bonds. The van der Waals surface area contributed by atoms with Gasteiger partial charge in [-0.3, -0.25) is 4.79 Å². The number of nitrogens with two attached hydrogens (primary N) is 1. The number of piperidine rings is 1. The Kier molecular flexibility index (Phi) is 14.4. The van der Waals surface area contributed by atoms with Crippen molar-refractivity contribution in [3.8, 4) is 0 Å². The summed E-state index contributed by atoms with van der Waals surface area (Å²) in [6.07, 6.45) is 5.88. The van der Waals surface area contributed by atoms with Crippen LogP contribution in [0.15, 0.2) is 11.6 Å². The van der Waals surface area contributed by atoms with Gasteiger partial charge in [-0.15, -0.1) is 11.6 Å². The number of alkyl halides is 1. The van der Waals surface area contributed by atoms with E-state index in [0.29, 0.717) is 12.5 Å². The third kappa shape index (κ3) is 8.63. The molecular formula is C23H48ClN3O4. The van der Waals surface area contributed by atoms with E-state index in [2.05, 4.69) is 39.1 Å². The van der Waals surface area contributed by atoms with Gasteiger partial charge in [-0.1, -0.05) is 46.8 Å². The topological polar surface area (TPSA) is 142 Å². The molecule has 0 spiro atoms. The molecule has 5 atom stereocenters. The minimum absolute atomic E-state index is 0. The summed E-state index contributed by atoms with van der Waals surface area (Å²) in [5.74, 6) is 0.837. The van der Waals surface area contributed by atoms with E-state index in [1.54, 1.807) is 6.92 Å². The van der Waals surface area contributed by atoms with E-state index in [1.165, 1.54) is 5.57 Å². The Morgan fingerprint density at radius 2 is 1.94 bits per heavy atom. The molecule has 2 aliphatic rings. The number of aliphatic hydroxyl groups excluding tert-OH is 1. The van der Waals surface area contributed by atoms with Crippen LogP contribution >= 0.6 is 11.6 Å².